The topological polar surface area (TPSA) is 70.1 Å². The first-order valence-electron chi connectivity index (χ1n) is 6.06. The van der Waals surface area contributed by atoms with E-state index in [4.69, 9.17) is 9.84 Å². The van der Waals surface area contributed by atoms with Crippen LogP contribution in [0.2, 0.25) is 0 Å². The molecule has 102 valence electrons. The van der Waals surface area contributed by atoms with Crippen molar-refractivity contribution in [2.75, 3.05) is 31.6 Å². The van der Waals surface area contributed by atoms with Crippen molar-refractivity contribution in [1.29, 1.82) is 0 Å². The molecule has 19 heavy (non-hydrogen) atoms. The number of carbonyl (C=O) groups excluding carboxylic acids is 1. The van der Waals surface area contributed by atoms with Crippen molar-refractivity contribution >= 4 is 17.7 Å². The Balaban J connectivity index is 2.24. The van der Waals surface area contributed by atoms with E-state index in [1.54, 1.807) is 17.0 Å². The van der Waals surface area contributed by atoms with Gasteiger partial charge in [0.25, 0.3) is 0 Å². The van der Waals surface area contributed by atoms with Crippen molar-refractivity contribution in [2.24, 2.45) is 0 Å². The number of rotatable bonds is 2. The standard InChI is InChI=1S/C13H16N2O4/c1-14(9-12(16)17)13(18)15-7-4-8-19-11-6-3-2-5-10(11)15/h2-3,5-6H,4,7-9H2,1H3,(H,16,17). The molecule has 0 radical (unpaired) electrons. The van der Waals surface area contributed by atoms with Crippen LogP contribution < -0.4 is 9.64 Å². The van der Waals surface area contributed by atoms with Gasteiger partial charge in [-0.15, -0.1) is 0 Å². The Labute approximate surface area is 111 Å². The highest BCUT2D eigenvalue weighted by Crippen LogP contribution is 2.30. The van der Waals surface area contributed by atoms with E-state index in [0.717, 1.165) is 0 Å². The lowest BCUT2D eigenvalue weighted by molar-refractivity contribution is -0.137. The molecule has 1 aromatic carbocycles. The van der Waals surface area contributed by atoms with Gasteiger partial charge in [-0.2, -0.15) is 0 Å². The Morgan fingerprint density at radius 3 is 2.89 bits per heavy atom. The van der Waals surface area contributed by atoms with Crippen molar-refractivity contribution in [1.82, 2.24) is 4.90 Å². The fourth-order valence-electron chi connectivity index (χ4n) is 2.00. The van der Waals surface area contributed by atoms with Crippen LogP contribution in [0.15, 0.2) is 24.3 Å². The molecule has 2 amide bonds. The van der Waals surface area contributed by atoms with Gasteiger partial charge in [-0.1, -0.05) is 12.1 Å². The van der Waals surface area contributed by atoms with Gasteiger partial charge in [-0.3, -0.25) is 9.69 Å². The summed E-state index contributed by atoms with van der Waals surface area (Å²) in [5, 5.41) is 8.74. The Bertz CT molecular complexity index is 489. The van der Waals surface area contributed by atoms with E-state index in [2.05, 4.69) is 0 Å². The predicted octanol–water partition coefficient (Wildman–Crippen LogP) is 1.41. The number of urea groups is 1. The first kappa shape index (κ1) is 13.2. The number of carboxylic acid groups (broad SMARTS) is 1. The van der Waals surface area contributed by atoms with Gasteiger partial charge in [-0.05, 0) is 18.6 Å². The van der Waals surface area contributed by atoms with E-state index in [1.807, 2.05) is 12.1 Å². The van der Waals surface area contributed by atoms with E-state index < -0.39 is 5.97 Å². The number of hydrogen-bond donors (Lipinski definition) is 1. The van der Waals surface area contributed by atoms with Crippen LogP contribution in [0.4, 0.5) is 10.5 Å². The molecule has 0 bridgehead atoms. The third-order valence-electron chi connectivity index (χ3n) is 2.87. The lowest BCUT2D eigenvalue weighted by Gasteiger charge is -2.26. The van der Waals surface area contributed by atoms with Crippen molar-refractivity contribution in [3.8, 4) is 5.75 Å². The first-order chi connectivity index (χ1) is 9.09. The molecule has 0 unspecified atom stereocenters. The summed E-state index contributed by atoms with van der Waals surface area (Å²) in [6.45, 7) is 0.738. The van der Waals surface area contributed by atoms with Crippen LogP contribution >= 0.6 is 0 Å². The summed E-state index contributed by atoms with van der Waals surface area (Å²) in [6, 6.07) is 6.93. The molecule has 0 aliphatic carbocycles. The number of amides is 2. The minimum atomic E-state index is -1.03. The lowest BCUT2D eigenvalue weighted by Crippen LogP contribution is -2.43. The van der Waals surface area contributed by atoms with E-state index in [9.17, 15) is 9.59 Å². The molecular weight excluding hydrogens is 248 g/mol. The molecule has 6 heteroatoms. The molecule has 0 saturated heterocycles. The number of para-hydroxylation sites is 2. The largest absolute Gasteiger partial charge is 0.491 e. The van der Waals surface area contributed by atoms with Crippen molar-refractivity contribution in [3.63, 3.8) is 0 Å². The van der Waals surface area contributed by atoms with E-state index in [0.29, 0.717) is 31.0 Å². The minimum Gasteiger partial charge on any atom is -0.491 e. The van der Waals surface area contributed by atoms with Crippen LogP contribution in [0.3, 0.4) is 0 Å². The number of fused-ring (bicyclic) bond motifs is 1. The average Bonchev–Trinajstić information content (AvgIpc) is 2.59. The monoisotopic (exact) mass is 264 g/mol. The lowest BCUT2D eigenvalue weighted by atomic mass is 10.2. The summed E-state index contributed by atoms with van der Waals surface area (Å²) in [5.74, 6) is -0.382. The van der Waals surface area contributed by atoms with Gasteiger partial charge < -0.3 is 14.7 Å². The van der Waals surface area contributed by atoms with Crippen LogP contribution in [0.5, 0.6) is 5.75 Å². The number of carboxylic acids is 1. The number of benzene rings is 1. The maximum atomic E-state index is 12.3. The maximum absolute atomic E-state index is 12.3. The molecule has 0 fully saturated rings. The summed E-state index contributed by atoms with van der Waals surface area (Å²) in [4.78, 5) is 25.7. The van der Waals surface area contributed by atoms with Gasteiger partial charge in [-0.25, -0.2) is 4.79 Å². The fraction of sp³-hybridized carbons (Fsp3) is 0.385. The van der Waals surface area contributed by atoms with Gasteiger partial charge >= 0.3 is 12.0 Å². The highest BCUT2D eigenvalue weighted by molar-refractivity contribution is 5.95. The van der Waals surface area contributed by atoms with Crippen LogP contribution in [0.25, 0.3) is 0 Å². The molecule has 1 aliphatic heterocycles. The Morgan fingerprint density at radius 1 is 1.42 bits per heavy atom. The highest BCUT2D eigenvalue weighted by atomic mass is 16.5. The third kappa shape index (κ3) is 2.96. The summed E-state index contributed by atoms with van der Waals surface area (Å²) < 4.78 is 5.56. The second-order valence-electron chi connectivity index (χ2n) is 4.35. The number of anilines is 1. The van der Waals surface area contributed by atoms with Gasteiger partial charge in [0.1, 0.15) is 12.3 Å². The normalized spacial score (nSPS) is 14.1. The van der Waals surface area contributed by atoms with Crippen molar-refractivity contribution in [2.45, 2.75) is 6.42 Å². The molecule has 0 atom stereocenters. The molecule has 0 aromatic heterocycles. The van der Waals surface area contributed by atoms with Crippen LogP contribution in [0, 0.1) is 0 Å². The highest BCUT2D eigenvalue weighted by Gasteiger charge is 2.25. The molecule has 2 rings (SSSR count). The second kappa shape index (κ2) is 5.60. The van der Waals surface area contributed by atoms with Crippen molar-refractivity contribution < 1.29 is 19.4 Å². The molecule has 6 nitrogen and oxygen atoms in total. The van der Waals surface area contributed by atoms with Gasteiger partial charge in [0.05, 0.1) is 12.3 Å². The minimum absolute atomic E-state index is 0.321. The van der Waals surface area contributed by atoms with Crippen molar-refractivity contribution in [3.05, 3.63) is 24.3 Å². The van der Waals surface area contributed by atoms with E-state index in [-0.39, 0.29) is 12.6 Å². The number of hydrogen-bond acceptors (Lipinski definition) is 3. The summed E-state index contributed by atoms with van der Waals surface area (Å²) in [5.41, 5.74) is 0.683. The van der Waals surface area contributed by atoms with Gasteiger partial charge in [0, 0.05) is 13.6 Å². The van der Waals surface area contributed by atoms with E-state index >= 15 is 0 Å². The summed E-state index contributed by atoms with van der Waals surface area (Å²) >= 11 is 0. The van der Waals surface area contributed by atoms with Gasteiger partial charge in [0.2, 0.25) is 0 Å². The Kier molecular flexibility index (Phi) is 3.89. The maximum Gasteiger partial charge on any atom is 0.324 e. The fourth-order valence-corrected chi connectivity index (χ4v) is 2.00. The second-order valence-corrected chi connectivity index (χ2v) is 4.35. The average molecular weight is 264 g/mol. The van der Waals surface area contributed by atoms with E-state index in [1.165, 1.54) is 11.9 Å². The number of nitrogens with zero attached hydrogens (tertiary/aromatic N) is 2. The molecule has 1 aromatic rings. The molecule has 1 heterocycles. The van der Waals surface area contributed by atoms with Gasteiger partial charge in [0.15, 0.2) is 0 Å². The Morgan fingerprint density at radius 2 is 2.16 bits per heavy atom. The number of aliphatic carboxylic acids is 1. The molecule has 1 aliphatic rings. The smallest absolute Gasteiger partial charge is 0.324 e. The summed E-state index contributed by atoms with van der Waals surface area (Å²) in [7, 11) is 1.48. The zero-order chi connectivity index (χ0) is 13.8. The zero-order valence-corrected chi connectivity index (χ0v) is 10.7. The first-order valence-corrected chi connectivity index (χ1v) is 6.06. The Hall–Kier alpha value is -2.24. The molecule has 0 saturated carbocycles. The summed E-state index contributed by atoms with van der Waals surface area (Å²) in [6.07, 6.45) is 0.710. The molecule has 1 N–H and O–H groups in total. The molecule has 0 spiro atoms. The number of ether oxygens (including phenoxy) is 1. The SMILES string of the molecule is CN(CC(=O)O)C(=O)N1CCCOc2ccccc21. The van der Waals surface area contributed by atoms with Crippen LogP contribution in [-0.2, 0) is 4.79 Å². The number of carbonyl (C=O) groups is 2. The third-order valence-corrected chi connectivity index (χ3v) is 2.87. The van der Waals surface area contributed by atoms with Crippen LogP contribution in [0.1, 0.15) is 6.42 Å². The predicted molar refractivity (Wildman–Crippen MR) is 69.6 cm³/mol. The molecular formula is C13H16N2O4. The van der Waals surface area contributed by atoms with Crippen LogP contribution in [-0.4, -0.2) is 48.8 Å². The number of likely N-dealkylation sites (N-methyl/N-ethyl adjacent to an activating group) is 1. The quantitative estimate of drug-likeness (QED) is 0.876. The zero-order valence-electron chi connectivity index (χ0n) is 10.7.